The Morgan fingerprint density at radius 1 is 1.28 bits per heavy atom. The fourth-order valence-corrected chi connectivity index (χ4v) is 3.46. The summed E-state index contributed by atoms with van der Waals surface area (Å²) in [4.78, 5) is 24.0. The standard InChI is InChI=1S/C18H21N3O3S/c1-23-16-10-19-11-17(20-16)24-13-6-5-9-21(12-13)18(22)14-7-3-4-8-15(14)25-2/h3-4,7-8,10-11,13H,5-6,9,12H2,1-2H3. The quantitative estimate of drug-likeness (QED) is 0.765. The Morgan fingerprint density at radius 2 is 2.08 bits per heavy atom. The topological polar surface area (TPSA) is 64.6 Å². The number of amides is 1. The Kier molecular flexibility index (Phi) is 5.75. The molecule has 6 nitrogen and oxygen atoms in total. The van der Waals surface area contributed by atoms with Crippen LogP contribution >= 0.6 is 11.8 Å². The van der Waals surface area contributed by atoms with Crippen LogP contribution in [0, 0.1) is 0 Å². The molecule has 1 aromatic carbocycles. The maximum atomic E-state index is 12.9. The Labute approximate surface area is 151 Å². The minimum atomic E-state index is -0.0967. The second-order valence-electron chi connectivity index (χ2n) is 5.73. The Bertz CT molecular complexity index is 741. The first kappa shape index (κ1) is 17.5. The van der Waals surface area contributed by atoms with E-state index in [0.717, 1.165) is 29.8 Å². The smallest absolute Gasteiger partial charge is 0.255 e. The van der Waals surface area contributed by atoms with Crippen LogP contribution in [-0.4, -0.2) is 53.3 Å². The molecule has 1 amide bonds. The van der Waals surface area contributed by atoms with Crippen LogP contribution in [-0.2, 0) is 0 Å². The van der Waals surface area contributed by atoms with Crippen molar-refractivity contribution in [2.45, 2.75) is 23.8 Å². The lowest BCUT2D eigenvalue weighted by molar-refractivity contribution is 0.0522. The Balaban J connectivity index is 1.69. The SMILES string of the molecule is COc1cncc(OC2CCCN(C(=O)c3ccccc3SC)C2)n1. The van der Waals surface area contributed by atoms with Gasteiger partial charge in [0.05, 0.1) is 31.6 Å². The van der Waals surface area contributed by atoms with Crippen LogP contribution in [0.5, 0.6) is 11.8 Å². The van der Waals surface area contributed by atoms with Gasteiger partial charge in [-0.05, 0) is 31.2 Å². The largest absolute Gasteiger partial charge is 0.480 e. The molecule has 1 aliphatic heterocycles. The molecule has 1 aliphatic rings. The molecule has 3 rings (SSSR count). The van der Waals surface area contributed by atoms with E-state index in [2.05, 4.69) is 9.97 Å². The van der Waals surface area contributed by atoms with Crippen molar-refractivity contribution in [3.63, 3.8) is 0 Å². The first-order valence-electron chi connectivity index (χ1n) is 8.16. The number of aromatic nitrogens is 2. The van der Waals surface area contributed by atoms with E-state index in [1.807, 2.05) is 35.4 Å². The molecule has 2 heterocycles. The van der Waals surface area contributed by atoms with Gasteiger partial charge in [-0.25, -0.2) is 0 Å². The van der Waals surface area contributed by atoms with Crippen LogP contribution < -0.4 is 9.47 Å². The molecule has 1 aromatic heterocycles. The van der Waals surface area contributed by atoms with Crippen LogP contribution in [0.4, 0.5) is 0 Å². The van der Waals surface area contributed by atoms with Gasteiger partial charge >= 0.3 is 0 Å². The van der Waals surface area contributed by atoms with Crippen molar-refractivity contribution >= 4 is 17.7 Å². The van der Waals surface area contributed by atoms with Crippen molar-refractivity contribution in [3.8, 4) is 11.8 Å². The molecular weight excluding hydrogens is 338 g/mol. The highest BCUT2D eigenvalue weighted by Crippen LogP contribution is 2.24. The summed E-state index contributed by atoms with van der Waals surface area (Å²) in [7, 11) is 1.54. The second-order valence-corrected chi connectivity index (χ2v) is 6.58. The van der Waals surface area contributed by atoms with E-state index in [-0.39, 0.29) is 12.0 Å². The van der Waals surface area contributed by atoms with Gasteiger partial charge in [-0.15, -0.1) is 11.8 Å². The number of rotatable bonds is 5. The van der Waals surface area contributed by atoms with Crippen molar-refractivity contribution in [2.75, 3.05) is 26.5 Å². The maximum absolute atomic E-state index is 12.9. The second kappa shape index (κ2) is 8.20. The zero-order chi connectivity index (χ0) is 17.6. The highest BCUT2D eigenvalue weighted by molar-refractivity contribution is 7.98. The zero-order valence-electron chi connectivity index (χ0n) is 14.3. The van der Waals surface area contributed by atoms with Crippen molar-refractivity contribution in [3.05, 3.63) is 42.2 Å². The predicted molar refractivity (Wildman–Crippen MR) is 96.4 cm³/mol. The lowest BCUT2D eigenvalue weighted by Gasteiger charge is -2.33. The maximum Gasteiger partial charge on any atom is 0.255 e. The summed E-state index contributed by atoms with van der Waals surface area (Å²) in [5, 5.41) is 0. The summed E-state index contributed by atoms with van der Waals surface area (Å²) in [6.07, 6.45) is 6.76. The molecule has 1 atom stereocenters. The van der Waals surface area contributed by atoms with E-state index < -0.39 is 0 Å². The van der Waals surface area contributed by atoms with Gasteiger partial charge in [0.1, 0.15) is 6.10 Å². The molecule has 7 heteroatoms. The monoisotopic (exact) mass is 359 g/mol. The van der Waals surface area contributed by atoms with Gasteiger partial charge in [-0.2, -0.15) is 4.98 Å². The molecule has 1 saturated heterocycles. The first-order chi connectivity index (χ1) is 12.2. The molecule has 0 aliphatic carbocycles. The molecule has 0 saturated carbocycles. The zero-order valence-corrected chi connectivity index (χ0v) is 15.2. The first-order valence-corrected chi connectivity index (χ1v) is 9.38. The molecule has 0 bridgehead atoms. The van der Waals surface area contributed by atoms with E-state index >= 15 is 0 Å². The number of carbonyl (C=O) groups is 1. The molecule has 1 unspecified atom stereocenters. The highest BCUT2D eigenvalue weighted by atomic mass is 32.2. The van der Waals surface area contributed by atoms with E-state index in [9.17, 15) is 4.79 Å². The number of hydrogen-bond donors (Lipinski definition) is 0. The van der Waals surface area contributed by atoms with Gasteiger partial charge in [0.25, 0.3) is 5.91 Å². The minimum absolute atomic E-state index is 0.0509. The summed E-state index contributed by atoms with van der Waals surface area (Å²) in [6, 6.07) is 7.71. The van der Waals surface area contributed by atoms with E-state index in [0.29, 0.717) is 18.3 Å². The lowest BCUT2D eigenvalue weighted by atomic mass is 10.1. The molecule has 1 fully saturated rings. The normalized spacial score (nSPS) is 17.2. The van der Waals surface area contributed by atoms with Crippen molar-refractivity contribution < 1.29 is 14.3 Å². The summed E-state index contributed by atoms with van der Waals surface area (Å²) >= 11 is 1.58. The third-order valence-electron chi connectivity index (χ3n) is 4.09. The lowest BCUT2D eigenvalue weighted by Crippen LogP contribution is -2.44. The molecule has 132 valence electrons. The van der Waals surface area contributed by atoms with Gasteiger partial charge in [0.2, 0.25) is 11.8 Å². The number of hydrogen-bond acceptors (Lipinski definition) is 6. The third-order valence-corrected chi connectivity index (χ3v) is 4.89. The number of methoxy groups -OCH3 is 1. The fraction of sp³-hybridized carbons (Fsp3) is 0.389. The predicted octanol–water partition coefficient (Wildman–Crippen LogP) is 2.89. The number of piperidine rings is 1. The number of likely N-dealkylation sites (tertiary alicyclic amines) is 1. The third kappa shape index (κ3) is 4.22. The Hall–Kier alpha value is -2.28. The van der Waals surface area contributed by atoms with E-state index in [4.69, 9.17) is 9.47 Å². The van der Waals surface area contributed by atoms with Crippen LogP contribution in [0.1, 0.15) is 23.2 Å². The van der Waals surface area contributed by atoms with Gasteiger partial charge in [0.15, 0.2) is 0 Å². The summed E-state index contributed by atoms with van der Waals surface area (Å²) in [5.74, 6) is 0.883. The number of ether oxygens (including phenoxy) is 2. The number of benzene rings is 1. The van der Waals surface area contributed by atoms with Crippen LogP contribution in [0.15, 0.2) is 41.6 Å². The number of carbonyl (C=O) groups excluding carboxylic acids is 1. The highest BCUT2D eigenvalue weighted by Gasteiger charge is 2.27. The average molecular weight is 359 g/mol. The number of thioether (sulfide) groups is 1. The minimum Gasteiger partial charge on any atom is -0.480 e. The van der Waals surface area contributed by atoms with Crippen molar-refractivity contribution in [2.24, 2.45) is 0 Å². The molecule has 0 spiro atoms. The fourth-order valence-electron chi connectivity index (χ4n) is 2.87. The molecule has 25 heavy (non-hydrogen) atoms. The van der Waals surface area contributed by atoms with Crippen LogP contribution in [0.25, 0.3) is 0 Å². The van der Waals surface area contributed by atoms with E-state index in [1.165, 1.54) is 13.3 Å². The molecule has 2 aromatic rings. The average Bonchev–Trinajstić information content (AvgIpc) is 2.67. The molecule has 0 radical (unpaired) electrons. The summed E-state index contributed by atoms with van der Waals surface area (Å²) in [6.45, 7) is 1.28. The van der Waals surface area contributed by atoms with Gasteiger partial charge in [0, 0.05) is 11.4 Å². The van der Waals surface area contributed by atoms with Crippen LogP contribution in [0.3, 0.4) is 0 Å². The van der Waals surface area contributed by atoms with Crippen molar-refractivity contribution in [1.29, 1.82) is 0 Å². The summed E-state index contributed by atoms with van der Waals surface area (Å²) < 4.78 is 11.0. The van der Waals surface area contributed by atoms with Crippen LogP contribution in [0.2, 0.25) is 0 Å². The summed E-state index contributed by atoms with van der Waals surface area (Å²) in [5.41, 5.74) is 0.747. The molecule has 0 N–H and O–H groups in total. The molecular formula is C18H21N3O3S. The Morgan fingerprint density at radius 3 is 2.88 bits per heavy atom. The van der Waals surface area contributed by atoms with Gasteiger partial charge in [-0.1, -0.05) is 12.1 Å². The van der Waals surface area contributed by atoms with Crippen molar-refractivity contribution in [1.82, 2.24) is 14.9 Å². The van der Waals surface area contributed by atoms with Gasteiger partial charge < -0.3 is 14.4 Å². The van der Waals surface area contributed by atoms with E-state index in [1.54, 1.807) is 18.0 Å². The van der Waals surface area contributed by atoms with Gasteiger partial charge in [-0.3, -0.25) is 9.78 Å². The number of nitrogens with zero attached hydrogens (tertiary/aromatic N) is 3.